The van der Waals surface area contributed by atoms with Crippen molar-refractivity contribution in [2.75, 3.05) is 13.1 Å². The van der Waals surface area contributed by atoms with Crippen molar-refractivity contribution in [2.45, 2.75) is 39.7 Å². The third-order valence-electron chi connectivity index (χ3n) is 3.73. The van der Waals surface area contributed by atoms with Gasteiger partial charge in [0.15, 0.2) is 0 Å². The van der Waals surface area contributed by atoms with Gasteiger partial charge in [-0.2, -0.15) is 0 Å². The lowest BCUT2D eigenvalue weighted by Gasteiger charge is -2.29. The van der Waals surface area contributed by atoms with Gasteiger partial charge in [-0.05, 0) is 36.8 Å². The molecule has 0 heterocycles. The molecule has 1 atom stereocenters. The van der Waals surface area contributed by atoms with Gasteiger partial charge >= 0.3 is 5.97 Å². The van der Waals surface area contributed by atoms with Crippen molar-refractivity contribution < 1.29 is 9.90 Å². The van der Waals surface area contributed by atoms with Crippen molar-refractivity contribution in [3.05, 3.63) is 34.9 Å². The van der Waals surface area contributed by atoms with Crippen LogP contribution in [0.25, 0.3) is 0 Å². The second-order valence-corrected chi connectivity index (χ2v) is 5.97. The summed E-state index contributed by atoms with van der Waals surface area (Å²) in [6.45, 7) is 7.35. The molecule has 104 valence electrons. The molecule has 0 bridgehead atoms. The van der Waals surface area contributed by atoms with Crippen molar-refractivity contribution in [1.82, 2.24) is 4.90 Å². The van der Waals surface area contributed by atoms with E-state index in [9.17, 15) is 4.79 Å². The molecular weight excluding hydrogens is 238 g/mol. The molecule has 1 N–H and O–H groups in total. The predicted octanol–water partition coefficient (Wildman–Crippen LogP) is 3.02. The number of rotatable bonds is 5. The lowest BCUT2D eigenvalue weighted by Crippen LogP contribution is -2.35. The summed E-state index contributed by atoms with van der Waals surface area (Å²) < 4.78 is 0. The quantitative estimate of drug-likeness (QED) is 0.885. The molecule has 1 aromatic carbocycles. The van der Waals surface area contributed by atoms with Crippen LogP contribution in [-0.4, -0.2) is 29.1 Å². The Morgan fingerprint density at radius 3 is 2.84 bits per heavy atom. The van der Waals surface area contributed by atoms with Gasteiger partial charge in [0.1, 0.15) is 0 Å². The van der Waals surface area contributed by atoms with Crippen LogP contribution in [0.5, 0.6) is 0 Å². The maximum Gasteiger partial charge on any atom is 0.317 e. The number of benzene rings is 1. The molecule has 1 unspecified atom stereocenters. The van der Waals surface area contributed by atoms with Crippen LogP contribution in [0.3, 0.4) is 0 Å². The van der Waals surface area contributed by atoms with E-state index in [-0.39, 0.29) is 12.6 Å². The Hall–Kier alpha value is -1.35. The number of carboxylic acids is 1. The number of carboxylic acid groups (broad SMARTS) is 1. The summed E-state index contributed by atoms with van der Waals surface area (Å²) in [5.41, 5.74) is 3.97. The Labute approximate surface area is 115 Å². The number of hydrogen-bond donors (Lipinski definition) is 1. The molecule has 3 nitrogen and oxygen atoms in total. The van der Waals surface area contributed by atoms with Crippen molar-refractivity contribution in [2.24, 2.45) is 5.92 Å². The van der Waals surface area contributed by atoms with Crippen molar-refractivity contribution in [1.29, 1.82) is 0 Å². The molecule has 1 aromatic rings. The highest BCUT2D eigenvalue weighted by Gasteiger charge is 2.29. The SMILES string of the molecule is Cc1ccc2c(c1)C(N(CC(=O)O)CC(C)C)CC2. The molecule has 0 spiro atoms. The van der Waals surface area contributed by atoms with E-state index < -0.39 is 5.97 Å². The summed E-state index contributed by atoms with van der Waals surface area (Å²) in [4.78, 5) is 13.2. The minimum Gasteiger partial charge on any atom is -0.480 e. The predicted molar refractivity (Wildman–Crippen MR) is 76.3 cm³/mol. The average molecular weight is 261 g/mol. The van der Waals surface area contributed by atoms with Gasteiger partial charge in [0, 0.05) is 12.6 Å². The molecule has 0 saturated heterocycles. The molecule has 0 saturated carbocycles. The fourth-order valence-corrected chi connectivity index (χ4v) is 3.02. The van der Waals surface area contributed by atoms with Gasteiger partial charge in [-0.1, -0.05) is 37.6 Å². The summed E-state index contributed by atoms with van der Waals surface area (Å²) >= 11 is 0. The summed E-state index contributed by atoms with van der Waals surface area (Å²) in [7, 11) is 0. The third-order valence-corrected chi connectivity index (χ3v) is 3.73. The van der Waals surface area contributed by atoms with Crippen LogP contribution in [0.4, 0.5) is 0 Å². The normalized spacial score (nSPS) is 18.1. The molecule has 0 fully saturated rings. The van der Waals surface area contributed by atoms with Gasteiger partial charge in [-0.3, -0.25) is 9.69 Å². The Morgan fingerprint density at radius 2 is 2.21 bits per heavy atom. The number of fused-ring (bicyclic) bond motifs is 1. The monoisotopic (exact) mass is 261 g/mol. The van der Waals surface area contributed by atoms with Gasteiger partial charge in [-0.25, -0.2) is 0 Å². The van der Waals surface area contributed by atoms with Crippen LogP contribution in [0, 0.1) is 12.8 Å². The zero-order chi connectivity index (χ0) is 14.0. The minimum atomic E-state index is -0.734. The lowest BCUT2D eigenvalue weighted by atomic mass is 10.0. The summed E-state index contributed by atoms with van der Waals surface area (Å²) in [6.07, 6.45) is 2.10. The Balaban J connectivity index is 2.24. The second-order valence-electron chi connectivity index (χ2n) is 5.97. The summed E-state index contributed by atoms with van der Waals surface area (Å²) in [5, 5.41) is 9.12. The molecule has 0 aromatic heterocycles. The first kappa shape index (κ1) is 14.1. The second kappa shape index (κ2) is 5.74. The van der Waals surface area contributed by atoms with Crippen LogP contribution in [0.1, 0.15) is 43.0 Å². The fourth-order valence-electron chi connectivity index (χ4n) is 3.02. The molecule has 0 aliphatic heterocycles. The van der Waals surface area contributed by atoms with E-state index in [1.165, 1.54) is 16.7 Å². The van der Waals surface area contributed by atoms with Crippen molar-refractivity contribution in [3.8, 4) is 0 Å². The third kappa shape index (κ3) is 3.35. The van der Waals surface area contributed by atoms with Gasteiger partial charge in [-0.15, -0.1) is 0 Å². The molecule has 3 heteroatoms. The fraction of sp³-hybridized carbons (Fsp3) is 0.562. The van der Waals surface area contributed by atoms with Crippen LogP contribution in [0.2, 0.25) is 0 Å². The van der Waals surface area contributed by atoms with E-state index in [1.54, 1.807) is 0 Å². The molecular formula is C16H23NO2. The highest BCUT2D eigenvalue weighted by Crippen LogP contribution is 2.36. The molecule has 19 heavy (non-hydrogen) atoms. The molecule has 2 rings (SSSR count). The average Bonchev–Trinajstić information content (AvgIpc) is 2.69. The Bertz CT molecular complexity index is 468. The van der Waals surface area contributed by atoms with Crippen LogP contribution in [-0.2, 0) is 11.2 Å². The van der Waals surface area contributed by atoms with E-state index in [0.29, 0.717) is 5.92 Å². The number of carbonyl (C=O) groups is 1. The van der Waals surface area contributed by atoms with Crippen molar-refractivity contribution in [3.63, 3.8) is 0 Å². The minimum absolute atomic E-state index is 0.135. The van der Waals surface area contributed by atoms with Crippen LogP contribution < -0.4 is 0 Å². The summed E-state index contributed by atoms with van der Waals surface area (Å²) in [5.74, 6) is -0.255. The molecule has 1 aliphatic carbocycles. The van der Waals surface area contributed by atoms with Gasteiger partial charge in [0.05, 0.1) is 6.54 Å². The maximum atomic E-state index is 11.1. The zero-order valence-electron chi connectivity index (χ0n) is 12.0. The molecule has 0 radical (unpaired) electrons. The lowest BCUT2D eigenvalue weighted by molar-refractivity contribution is -0.139. The first-order valence-electron chi connectivity index (χ1n) is 7.02. The summed E-state index contributed by atoms with van der Waals surface area (Å²) in [6, 6.07) is 6.83. The van der Waals surface area contributed by atoms with E-state index in [4.69, 9.17) is 5.11 Å². The van der Waals surface area contributed by atoms with Gasteiger partial charge in [0.25, 0.3) is 0 Å². The highest BCUT2D eigenvalue weighted by atomic mass is 16.4. The van der Waals surface area contributed by atoms with Gasteiger partial charge < -0.3 is 5.11 Å². The zero-order valence-corrected chi connectivity index (χ0v) is 12.0. The number of aryl methyl sites for hydroxylation is 2. The topological polar surface area (TPSA) is 40.5 Å². The Kier molecular flexibility index (Phi) is 4.25. The maximum absolute atomic E-state index is 11.1. The number of hydrogen-bond acceptors (Lipinski definition) is 2. The van der Waals surface area contributed by atoms with E-state index in [2.05, 4.69) is 43.9 Å². The standard InChI is InChI=1S/C16H23NO2/c1-11(2)9-17(10-16(18)19)15-7-6-13-5-4-12(3)8-14(13)15/h4-5,8,11,15H,6-7,9-10H2,1-3H3,(H,18,19). The van der Waals surface area contributed by atoms with Crippen LogP contribution in [0.15, 0.2) is 18.2 Å². The Morgan fingerprint density at radius 1 is 1.47 bits per heavy atom. The number of nitrogens with zero attached hydrogens (tertiary/aromatic N) is 1. The molecule has 1 aliphatic rings. The van der Waals surface area contributed by atoms with Crippen molar-refractivity contribution >= 4 is 5.97 Å². The van der Waals surface area contributed by atoms with Gasteiger partial charge in [0.2, 0.25) is 0 Å². The first-order chi connectivity index (χ1) is 8.97. The largest absolute Gasteiger partial charge is 0.480 e. The first-order valence-corrected chi connectivity index (χ1v) is 7.02. The van der Waals surface area contributed by atoms with E-state index in [1.807, 2.05) is 0 Å². The highest BCUT2D eigenvalue weighted by molar-refractivity contribution is 5.69. The van der Waals surface area contributed by atoms with E-state index in [0.717, 1.165) is 19.4 Å². The van der Waals surface area contributed by atoms with Crippen LogP contribution >= 0.6 is 0 Å². The number of aliphatic carboxylic acids is 1. The van der Waals surface area contributed by atoms with E-state index >= 15 is 0 Å². The smallest absolute Gasteiger partial charge is 0.317 e. The molecule has 0 amide bonds.